The number of esters is 3. The van der Waals surface area contributed by atoms with Crippen molar-refractivity contribution in [2.24, 2.45) is 5.73 Å². The van der Waals surface area contributed by atoms with Crippen LogP contribution in [0.25, 0.3) is 0 Å². The molecule has 2 rings (SSSR count). The van der Waals surface area contributed by atoms with Gasteiger partial charge in [0.05, 0.1) is 5.56 Å². The Morgan fingerprint density at radius 1 is 0.889 bits per heavy atom. The molecule has 0 saturated carbocycles. The molecule has 36 heavy (non-hydrogen) atoms. The molecule has 9 nitrogen and oxygen atoms in total. The second kappa shape index (κ2) is 14.0. The Kier molecular flexibility index (Phi) is 11.1. The van der Waals surface area contributed by atoms with Crippen molar-refractivity contribution in [1.29, 1.82) is 0 Å². The van der Waals surface area contributed by atoms with Crippen molar-refractivity contribution in [1.82, 2.24) is 0 Å². The van der Waals surface area contributed by atoms with Gasteiger partial charge in [-0.25, -0.2) is 4.79 Å². The van der Waals surface area contributed by atoms with Crippen LogP contribution in [0.15, 0.2) is 48.5 Å². The predicted octanol–water partition coefficient (Wildman–Crippen LogP) is 4.23. The number of rotatable bonds is 13. The van der Waals surface area contributed by atoms with E-state index >= 15 is 0 Å². The average molecular weight is 500 g/mol. The summed E-state index contributed by atoms with van der Waals surface area (Å²) in [4.78, 5) is 48.5. The minimum atomic E-state index is -1.34. The van der Waals surface area contributed by atoms with Gasteiger partial charge < -0.3 is 25.1 Å². The van der Waals surface area contributed by atoms with Gasteiger partial charge in [0, 0.05) is 18.8 Å². The highest BCUT2D eigenvalue weighted by molar-refractivity contribution is 5.89. The number of ether oxygens (including phenoxy) is 3. The Labute approximate surface area is 210 Å². The van der Waals surface area contributed by atoms with Gasteiger partial charge in [-0.15, -0.1) is 0 Å². The Hall–Kier alpha value is -3.72. The minimum absolute atomic E-state index is 0.00748. The van der Waals surface area contributed by atoms with Crippen molar-refractivity contribution in [3.63, 3.8) is 0 Å². The van der Waals surface area contributed by atoms with E-state index in [-0.39, 0.29) is 30.8 Å². The van der Waals surface area contributed by atoms with Crippen LogP contribution in [-0.4, -0.2) is 41.1 Å². The van der Waals surface area contributed by atoms with E-state index < -0.39 is 41.9 Å². The van der Waals surface area contributed by atoms with E-state index in [0.29, 0.717) is 24.0 Å². The first-order valence-electron chi connectivity index (χ1n) is 12.0. The van der Waals surface area contributed by atoms with E-state index in [4.69, 9.17) is 19.9 Å². The molecule has 0 heterocycles. The lowest BCUT2D eigenvalue weighted by atomic mass is 9.87. The molecule has 0 radical (unpaired) electrons. The fourth-order valence-electron chi connectivity index (χ4n) is 3.57. The molecule has 0 aromatic heterocycles. The molecule has 3 atom stereocenters. The zero-order valence-corrected chi connectivity index (χ0v) is 20.8. The summed E-state index contributed by atoms with van der Waals surface area (Å²) in [6.07, 6.45) is 0.875. The maximum Gasteiger partial charge on any atom is 0.338 e. The number of hydrogen-bond donors (Lipinski definition) is 2. The zero-order valence-electron chi connectivity index (χ0n) is 20.8. The standard InChI is InChI=1S/C27H33NO8/c1-4-9-23(29)35-21-14-13-19(16-22(21)36-24(30)10-5-2)20(25(28)26(31)32)15-17(3)34-27(33)18-11-7-6-8-12-18/h6-8,11-14,16-17,20,25H,4-5,9-10,15,28H2,1-3H3,(H,31,32)/t17?,20?,25-/m0/s1. The highest BCUT2D eigenvalue weighted by atomic mass is 16.6. The molecule has 2 aromatic rings. The summed E-state index contributed by atoms with van der Waals surface area (Å²) < 4.78 is 16.3. The maximum atomic E-state index is 12.4. The smallest absolute Gasteiger partial charge is 0.338 e. The summed E-state index contributed by atoms with van der Waals surface area (Å²) in [6.45, 7) is 5.29. The van der Waals surface area contributed by atoms with Crippen molar-refractivity contribution in [2.75, 3.05) is 0 Å². The second-order valence-electron chi connectivity index (χ2n) is 8.44. The van der Waals surface area contributed by atoms with Crippen LogP contribution in [0.1, 0.15) is 74.7 Å². The largest absolute Gasteiger partial charge is 0.480 e. The van der Waals surface area contributed by atoms with E-state index in [1.54, 1.807) is 43.3 Å². The fraction of sp³-hybridized carbons (Fsp3) is 0.407. The van der Waals surface area contributed by atoms with Crippen molar-refractivity contribution in [2.45, 2.75) is 70.9 Å². The van der Waals surface area contributed by atoms with Gasteiger partial charge in [0.2, 0.25) is 0 Å². The van der Waals surface area contributed by atoms with Crippen molar-refractivity contribution in [3.05, 3.63) is 59.7 Å². The Morgan fingerprint density at radius 3 is 2.03 bits per heavy atom. The van der Waals surface area contributed by atoms with Gasteiger partial charge in [0.15, 0.2) is 11.5 Å². The average Bonchev–Trinajstić information content (AvgIpc) is 2.84. The Morgan fingerprint density at radius 2 is 1.47 bits per heavy atom. The van der Waals surface area contributed by atoms with E-state index in [9.17, 15) is 24.3 Å². The van der Waals surface area contributed by atoms with Crippen LogP contribution < -0.4 is 15.2 Å². The number of carboxylic acids is 1. The van der Waals surface area contributed by atoms with Crippen molar-refractivity contribution in [3.8, 4) is 11.5 Å². The van der Waals surface area contributed by atoms with Gasteiger partial charge in [0.25, 0.3) is 0 Å². The van der Waals surface area contributed by atoms with Crippen LogP contribution >= 0.6 is 0 Å². The normalized spacial score (nSPS) is 13.2. The summed E-state index contributed by atoms with van der Waals surface area (Å²) in [5, 5.41) is 9.62. The third-order valence-electron chi connectivity index (χ3n) is 5.37. The first-order chi connectivity index (χ1) is 17.2. The number of carbonyl (C=O) groups excluding carboxylic acids is 3. The molecular weight excluding hydrogens is 466 g/mol. The van der Waals surface area contributed by atoms with Gasteiger partial charge in [-0.3, -0.25) is 14.4 Å². The summed E-state index contributed by atoms with van der Waals surface area (Å²) >= 11 is 0. The summed E-state index contributed by atoms with van der Waals surface area (Å²) in [5.41, 5.74) is 6.81. The van der Waals surface area contributed by atoms with E-state index in [1.165, 1.54) is 12.1 Å². The second-order valence-corrected chi connectivity index (χ2v) is 8.44. The van der Waals surface area contributed by atoms with Crippen LogP contribution in [0.5, 0.6) is 11.5 Å². The summed E-state index contributed by atoms with van der Waals surface area (Å²) in [7, 11) is 0. The van der Waals surface area contributed by atoms with Crippen LogP contribution in [0.4, 0.5) is 0 Å². The third-order valence-corrected chi connectivity index (χ3v) is 5.37. The number of carboxylic acid groups (broad SMARTS) is 1. The monoisotopic (exact) mass is 499 g/mol. The molecule has 0 amide bonds. The van der Waals surface area contributed by atoms with Crippen LogP contribution in [-0.2, 0) is 19.1 Å². The molecule has 2 unspecified atom stereocenters. The molecule has 0 aliphatic carbocycles. The molecular formula is C27H33NO8. The SMILES string of the molecule is CCCC(=O)Oc1ccc(C(CC(C)OC(=O)c2ccccc2)[C@H](N)C(=O)O)cc1OC(=O)CCC. The number of nitrogens with two attached hydrogens (primary N) is 1. The van der Waals surface area contributed by atoms with E-state index in [1.807, 2.05) is 13.8 Å². The number of carbonyl (C=O) groups is 4. The molecule has 0 spiro atoms. The highest BCUT2D eigenvalue weighted by Gasteiger charge is 2.30. The molecule has 0 aliphatic heterocycles. The lowest BCUT2D eigenvalue weighted by molar-refractivity contribution is -0.139. The molecule has 2 aromatic carbocycles. The van der Waals surface area contributed by atoms with Crippen LogP contribution in [0.2, 0.25) is 0 Å². The molecule has 0 aliphatic rings. The minimum Gasteiger partial charge on any atom is -0.480 e. The highest BCUT2D eigenvalue weighted by Crippen LogP contribution is 2.35. The number of aliphatic carboxylic acids is 1. The van der Waals surface area contributed by atoms with Crippen molar-refractivity contribution >= 4 is 23.9 Å². The topological polar surface area (TPSA) is 142 Å². The third kappa shape index (κ3) is 8.49. The van der Waals surface area contributed by atoms with Gasteiger partial charge in [-0.2, -0.15) is 0 Å². The van der Waals surface area contributed by atoms with Gasteiger partial charge in [0.1, 0.15) is 12.1 Å². The molecule has 0 saturated heterocycles. The van der Waals surface area contributed by atoms with E-state index in [0.717, 1.165) is 0 Å². The summed E-state index contributed by atoms with van der Waals surface area (Å²) in [6, 6.07) is 11.5. The number of benzene rings is 2. The predicted molar refractivity (Wildman–Crippen MR) is 132 cm³/mol. The maximum absolute atomic E-state index is 12.4. The first-order valence-corrected chi connectivity index (χ1v) is 12.0. The summed E-state index contributed by atoms with van der Waals surface area (Å²) in [5.74, 6) is -3.56. The quantitative estimate of drug-likeness (QED) is 0.306. The van der Waals surface area contributed by atoms with Crippen LogP contribution in [0, 0.1) is 0 Å². The number of hydrogen-bond acceptors (Lipinski definition) is 8. The lowest BCUT2D eigenvalue weighted by Gasteiger charge is -2.25. The molecule has 194 valence electrons. The van der Waals surface area contributed by atoms with Gasteiger partial charge in [-0.1, -0.05) is 38.1 Å². The lowest BCUT2D eigenvalue weighted by Crippen LogP contribution is -2.38. The molecule has 0 bridgehead atoms. The molecule has 0 fully saturated rings. The van der Waals surface area contributed by atoms with Crippen molar-refractivity contribution < 1.29 is 38.5 Å². The van der Waals surface area contributed by atoms with E-state index in [2.05, 4.69) is 0 Å². The molecule has 9 heteroatoms. The Balaban J connectivity index is 2.34. The fourth-order valence-corrected chi connectivity index (χ4v) is 3.57. The van der Waals surface area contributed by atoms with Gasteiger partial charge >= 0.3 is 23.9 Å². The first kappa shape index (κ1) is 28.5. The Bertz CT molecular complexity index is 1050. The zero-order chi connectivity index (χ0) is 26.7. The van der Waals surface area contributed by atoms with Gasteiger partial charge in [-0.05, 0) is 56.0 Å². The molecule has 3 N–H and O–H groups in total. The van der Waals surface area contributed by atoms with Crippen LogP contribution in [0.3, 0.4) is 0 Å².